The average molecular weight is 329 g/mol. The number of hydrogen-bond donors (Lipinski definition) is 1. The molecule has 0 radical (unpaired) electrons. The highest BCUT2D eigenvalue weighted by Crippen LogP contribution is 2.27. The van der Waals surface area contributed by atoms with Gasteiger partial charge < -0.3 is 9.73 Å². The van der Waals surface area contributed by atoms with Gasteiger partial charge in [0.25, 0.3) is 0 Å². The Labute approximate surface area is 138 Å². The fourth-order valence-corrected chi connectivity index (χ4v) is 4.17. The third-order valence-electron chi connectivity index (χ3n) is 4.35. The van der Waals surface area contributed by atoms with Crippen molar-refractivity contribution in [2.24, 2.45) is 4.99 Å². The van der Waals surface area contributed by atoms with Crippen molar-refractivity contribution in [3.05, 3.63) is 30.2 Å². The van der Waals surface area contributed by atoms with Gasteiger partial charge in [-0.05, 0) is 25.0 Å². The van der Waals surface area contributed by atoms with E-state index in [0.29, 0.717) is 18.4 Å². The van der Waals surface area contributed by atoms with Crippen LogP contribution >= 0.6 is 11.8 Å². The molecule has 2 heterocycles. The third-order valence-corrected chi connectivity index (χ3v) is 5.45. The van der Waals surface area contributed by atoms with Crippen LogP contribution in [0.2, 0.25) is 0 Å². The highest BCUT2D eigenvalue weighted by atomic mass is 32.2. The van der Waals surface area contributed by atoms with E-state index in [1.54, 1.807) is 0 Å². The second-order valence-electron chi connectivity index (χ2n) is 6.10. The molecule has 0 bridgehead atoms. The van der Waals surface area contributed by atoms with Gasteiger partial charge in [-0.2, -0.15) is 0 Å². The topological polar surface area (TPSA) is 67.5 Å². The summed E-state index contributed by atoms with van der Waals surface area (Å²) >= 11 is 1.51. The summed E-state index contributed by atoms with van der Waals surface area (Å²) in [6.45, 7) is 0. The molecule has 1 aliphatic heterocycles. The summed E-state index contributed by atoms with van der Waals surface area (Å²) < 4.78 is 5.72. The number of nitrogens with zero attached hydrogens (tertiary/aromatic N) is 2. The van der Waals surface area contributed by atoms with Crippen LogP contribution in [-0.4, -0.2) is 27.4 Å². The van der Waals surface area contributed by atoms with Gasteiger partial charge in [-0.15, -0.1) is 0 Å². The number of hydrogen-bond acceptors (Lipinski definition) is 5. The third kappa shape index (κ3) is 3.27. The van der Waals surface area contributed by atoms with Crippen molar-refractivity contribution in [2.45, 2.75) is 49.8 Å². The number of aliphatic imine (C=N–C) groups is 1. The number of benzene rings is 1. The number of oxazole rings is 1. The van der Waals surface area contributed by atoms with Gasteiger partial charge in [0, 0.05) is 6.42 Å². The summed E-state index contributed by atoms with van der Waals surface area (Å²) in [4.78, 5) is 21.3. The van der Waals surface area contributed by atoms with Crippen LogP contribution in [0.5, 0.6) is 0 Å². The molecule has 2 aliphatic rings. The first-order valence-electron chi connectivity index (χ1n) is 8.18. The summed E-state index contributed by atoms with van der Waals surface area (Å²) in [5.41, 5.74) is 1.60. The lowest BCUT2D eigenvalue weighted by Crippen LogP contribution is -2.27. The molecule has 1 aromatic heterocycles. The Kier molecular flexibility index (Phi) is 4.08. The van der Waals surface area contributed by atoms with Crippen molar-refractivity contribution in [3.8, 4) is 0 Å². The van der Waals surface area contributed by atoms with E-state index in [-0.39, 0.29) is 11.2 Å². The van der Waals surface area contributed by atoms with Crippen LogP contribution in [-0.2, 0) is 11.2 Å². The predicted molar refractivity (Wildman–Crippen MR) is 91.5 cm³/mol. The monoisotopic (exact) mass is 329 g/mol. The fourth-order valence-electron chi connectivity index (χ4n) is 3.14. The fraction of sp³-hybridized carbons (Fsp3) is 0.471. The molecule has 6 heteroatoms. The van der Waals surface area contributed by atoms with Gasteiger partial charge in [0.2, 0.25) is 5.91 Å². The Balaban J connectivity index is 1.45. The average Bonchev–Trinajstić information content (AvgIpc) is 3.11. The molecule has 120 valence electrons. The van der Waals surface area contributed by atoms with Crippen molar-refractivity contribution < 1.29 is 9.21 Å². The molecule has 1 atom stereocenters. The van der Waals surface area contributed by atoms with Crippen molar-refractivity contribution in [3.63, 3.8) is 0 Å². The Morgan fingerprint density at radius 3 is 2.91 bits per heavy atom. The number of para-hydroxylation sites is 2. The standard InChI is InChI=1S/C17H19N3O2S/c21-16-14(10-15-19-12-8-4-5-9-13(12)22-15)23-17(20-16)18-11-6-2-1-3-7-11/h4-5,8-9,11,14H,1-3,6-7,10H2,(H,18,20,21). The smallest absolute Gasteiger partial charge is 0.240 e. The summed E-state index contributed by atoms with van der Waals surface area (Å²) in [7, 11) is 0. The molecule has 23 heavy (non-hydrogen) atoms. The van der Waals surface area contributed by atoms with Gasteiger partial charge in [-0.25, -0.2) is 4.98 Å². The maximum absolute atomic E-state index is 12.2. The zero-order chi connectivity index (χ0) is 15.6. The largest absolute Gasteiger partial charge is 0.441 e. The lowest BCUT2D eigenvalue weighted by Gasteiger charge is -2.17. The molecule has 2 aromatic rings. The van der Waals surface area contributed by atoms with Crippen LogP contribution in [0.1, 0.15) is 38.0 Å². The van der Waals surface area contributed by atoms with E-state index in [1.807, 2.05) is 24.3 Å². The van der Waals surface area contributed by atoms with E-state index in [9.17, 15) is 4.79 Å². The Morgan fingerprint density at radius 1 is 1.26 bits per heavy atom. The minimum Gasteiger partial charge on any atom is -0.441 e. The Morgan fingerprint density at radius 2 is 2.09 bits per heavy atom. The number of amidine groups is 1. The van der Waals surface area contributed by atoms with Crippen LogP contribution in [0, 0.1) is 0 Å². The lowest BCUT2D eigenvalue weighted by atomic mass is 9.96. The first-order valence-corrected chi connectivity index (χ1v) is 9.06. The van der Waals surface area contributed by atoms with E-state index in [1.165, 1.54) is 31.0 Å². The number of carbonyl (C=O) groups is 1. The normalized spacial score (nSPS) is 24.4. The van der Waals surface area contributed by atoms with E-state index in [4.69, 9.17) is 9.41 Å². The first-order chi connectivity index (χ1) is 11.3. The minimum absolute atomic E-state index is 0.00631. The second-order valence-corrected chi connectivity index (χ2v) is 7.29. The molecule has 1 saturated carbocycles. The minimum atomic E-state index is -0.203. The summed E-state index contributed by atoms with van der Waals surface area (Å²) in [5, 5.41) is 3.47. The van der Waals surface area contributed by atoms with E-state index in [2.05, 4.69) is 10.3 Å². The first kappa shape index (κ1) is 14.8. The van der Waals surface area contributed by atoms with Crippen molar-refractivity contribution in [1.82, 2.24) is 10.3 Å². The van der Waals surface area contributed by atoms with Crippen LogP contribution in [0.15, 0.2) is 33.7 Å². The van der Waals surface area contributed by atoms with E-state index >= 15 is 0 Å². The summed E-state index contributed by atoms with van der Waals surface area (Å²) in [6.07, 6.45) is 6.56. The lowest BCUT2D eigenvalue weighted by molar-refractivity contribution is -0.118. The molecule has 1 aromatic carbocycles. The number of amides is 1. The zero-order valence-corrected chi connectivity index (χ0v) is 13.6. The van der Waals surface area contributed by atoms with Crippen LogP contribution < -0.4 is 5.32 Å². The van der Waals surface area contributed by atoms with Crippen molar-refractivity contribution in [1.29, 1.82) is 0 Å². The van der Waals surface area contributed by atoms with Crippen molar-refractivity contribution in [2.75, 3.05) is 0 Å². The molecule has 2 fully saturated rings. The quantitative estimate of drug-likeness (QED) is 0.938. The van der Waals surface area contributed by atoms with Gasteiger partial charge in [-0.1, -0.05) is 43.2 Å². The van der Waals surface area contributed by atoms with E-state index in [0.717, 1.165) is 29.1 Å². The number of fused-ring (bicyclic) bond motifs is 1. The van der Waals surface area contributed by atoms with Crippen LogP contribution in [0.3, 0.4) is 0 Å². The zero-order valence-electron chi connectivity index (χ0n) is 12.8. The molecule has 4 rings (SSSR count). The predicted octanol–water partition coefficient (Wildman–Crippen LogP) is 3.29. The number of thioether (sulfide) groups is 1. The van der Waals surface area contributed by atoms with Gasteiger partial charge in [0.1, 0.15) is 10.8 Å². The number of nitrogens with one attached hydrogen (secondary N) is 1. The number of carbonyl (C=O) groups excluding carboxylic acids is 1. The maximum atomic E-state index is 12.2. The summed E-state index contributed by atoms with van der Waals surface area (Å²) in [5.74, 6) is 0.615. The molecule has 1 amide bonds. The van der Waals surface area contributed by atoms with Gasteiger partial charge in [0.15, 0.2) is 16.6 Å². The Hall–Kier alpha value is -1.82. The summed E-state index contributed by atoms with van der Waals surface area (Å²) in [6, 6.07) is 8.03. The molecule has 1 N–H and O–H groups in total. The molecule has 1 saturated heterocycles. The van der Waals surface area contributed by atoms with E-state index < -0.39 is 0 Å². The highest BCUT2D eigenvalue weighted by Gasteiger charge is 2.32. The SMILES string of the molecule is O=C1NC(=NC2CCCCC2)SC1Cc1nc2ccccc2o1. The molecular formula is C17H19N3O2S. The van der Waals surface area contributed by atoms with Crippen LogP contribution in [0.25, 0.3) is 11.1 Å². The molecule has 5 nitrogen and oxygen atoms in total. The van der Waals surface area contributed by atoms with Gasteiger partial charge in [0.05, 0.1) is 6.04 Å². The highest BCUT2D eigenvalue weighted by molar-refractivity contribution is 8.15. The van der Waals surface area contributed by atoms with Crippen LogP contribution in [0.4, 0.5) is 0 Å². The van der Waals surface area contributed by atoms with Gasteiger partial charge in [-0.3, -0.25) is 9.79 Å². The second kappa shape index (κ2) is 6.35. The van der Waals surface area contributed by atoms with Gasteiger partial charge >= 0.3 is 0 Å². The molecule has 1 unspecified atom stereocenters. The maximum Gasteiger partial charge on any atom is 0.240 e. The molecule has 0 spiro atoms. The van der Waals surface area contributed by atoms with Crippen molar-refractivity contribution >= 4 is 33.9 Å². The molecule has 1 aliphatic carbocycles. The number of rotatable bonds is 3. The number of aromatic nitrogens is 1. The molecular weight excluding hydrogens is 310 g/mol. The Bertz CT molecular complexity index is 716.